The monoisotopic (exact) mass is 156 g/mol. The second-order valence-corrected chi connectivity index (χ2v) is 3.27. The van der Waals surface area contributed by atoms with Gasteiger partial charge in [0.2, 0.25) is 0 Å². The van der Waals surface area contributed by atoms with Crippen LogP contribution in [0, 0.1) is 18.3 Å². The van der Waals surface area contributed by atoms with Gasteiger partial charge in [-0.05, 0) is 36.8 Å². The molecule has 1 aliphatic rings. The highest BCUT2D eigenvalue weighted by Gasteiger charge is 2.26. The second kappa shape index (κ2) is 2.64. The molecule has 1 aromatic carbocycles. The summed E-state index contributed by atoms with van der Waals surface area (Å²) in [6, 6.07) is 8.15. The average Bonchev–Trinajstić information content (AvgIpc) is 2.86. The van der Waals surface area contributed by atoms with Gasteiger partial charge < -0.3 is 0 Å². The van der Waals surface area contributed by atoms with Crippen LogP contribution in [0.15, 0.2) is 18.2 Å². The smallest absolute Gasteiger partial charge is 0.0997 e. The maximum absolute atomic E-state index is 8.89. The van der Waals surface area contributed by atoms with E-state index in [1.807, 2.05) is 18.2 Å². The molecule has 1 nitrogen and oxygen atoms in total. The maximum Gasteiger partial charge on any atom is 0.0997 e. The molecule has 0 bridgehead atoms. The summed E-state index contributed by atoms with van der Waals surface area (Å²) < 4.78 is 0. The van der Waals surface area contributed by atoms with Crippen LogP contribution in [0.1, 0.15) is 35.4 Å². The number of benzene rings is 1. The molecule has 1 aliphatic carbocycles. The predicted octanol–water partition coefficient (Wildman–Crippen LogP) is 2.62. The first-order valence-electron chi connectivity index (χ1n) is 4.18. The summed E-state index contributed by atoms with van der Waals surface area (Å²) in [6.07, 6.45) is 2.47. The topological polar surface area (TPSA) is 23.8 Å². The Labute approximate surface area is 72.6 Å². The molecule has 0 unspecified atom stereocenters. The normalized spacial score (nSPS) is 15.7. The molecule has 12 heavy (non-hydrogen) atoms. The minimum atomic E-state index is 0.640. The van der Waals surface area contributed by atoms with E-state index in [1.165, 1.54) is 18.4 Å². The van der Waals surface area contributed by atoms with E-state index in [2.05, 4.69) is 13.0 Å². The third-order valence-corrected chi connectivity index (χ3v) is 2.31. The molecule has 0 aliphatic heterocycles. The van der Waals surface area contributed by atoms with E-state index in [-0.39, 0.29) is 0 Å². The Balaban J connectivity index is 2.53. The van der Waals surface area contributed by atoms with Crippen LogP contribution in [-0.2, 0) is 0 Å². The van der Waals surface area contributed by atoms with Gasteiger partial charge in [-0.3, -0.25) is 0 Å². The van der Waals surface area contributed by atoms with Crippen molar-refractivity contribution in [3.8, 4) is 6.07 Å². The highest BCUT2D eigenvalue weighted by Crippen LogP contribution is 2.41. The van der Waals surface area contributed by atoms with Crippen molar-refractivity contribution in [2.24, 2.45) is 0 Å². The van der Waals surface area contributed by atoms with Gasteiger partial charge in [0.25, 0.3) is 0 Å². The van der Waals surface area contributed by atoms with Gasteiger partial charge in [-0.2, -0.15) is 5.26 Å². The first kappa shape index (κ1) is 7.36. The lowest BCUT2D eigenvalue weighted by Crippen LogP contribution is -1.89. The zero-order chi connectivity index (χ0) is 8.55. The summed E-state index contributed by atoms with van der Waals surface area (Å²) in [4.78, 5) is 0. The molecule has 59 valence electrons. The van der Waals surface area contributed by atoms with Gasteiger partial charge in [-0.25, -0.2) is 0 Å². The molecule has 1 fully saturated rings. The average molecular weight is 156 g/mol. The van der Waals surface area contributed by atoms with Crippen molar-refractivity contribution in [1.82, 2.24) is 0 Å². The molecule has 1 heteroatoms. The third kappa shape index (κ3) is 1.10. The predicted molar refractivity (Wildman–Crippen MR) is 47.6 cm³/mol. The quantitative estimate of drug-likeness (QED) is 0.613. The summed E-state index contributed by atoms with van der Waals surface area (Å²) in [5.41, 5.74) is 2.85. The van der Waals surface area contributed by atoms with Crippen molar-refractivity contribution < 1.29 is 0 Å². The summed E-state index contributed by atoms with van der Waals surface area (Å²) in [5.74, 6) is 0.640. The molecule has 0 aromatic heterocycles. The number of hydrogen-bond acceptors (Lipinski definition) is 1. The Hall–Kier alpha value is -1.29. The Morgan fingerprint density at radius 3 is 2.75 bits per heavy atom. The van der Waals surface area contributed by atoms with Crippen molar-refractivity contribution in [3.63, 3.8) is 0 Å². The number of hydrogen-bond donors (Lipinski definition) is 0. The number of nitriles is 1. The summed E-state index contributed by atoms with van der Waals surface area (Å²) in [5, 5.41) is 8.89. The third-order valence-electron chi connectivity index (χ3n) is 2.31. The van der Waals surface area contributed by atoms with Crippen LogP contribution in [0.4, 0.5) is 0 Å². The minimum Gasteiger partial charge on any atom is -0.192 e. The van der Waals surface area contributed by atoms with Crippen LogP contribution in [-0.4, -0.2) is 0 Å². The highest BCUT2D eigenvalue weighted by atomic mass is 14.3. The second-order valence-electron chi connectivity index (χ2n) is 3.27. The Bertz CT molecular complexity index is 343. The van der Waals surface area contributed by atoms with Gasteiger partial charge in [-0.15, -0.1) is 0 Å². The lowest BCUT2D eigenvalue weighted by molar-refractivity contribution is 1.11. The van der Waals surface area contributed by atoms with E-state index in [0.29, 0.717) is 5.92 Å². The van der Waals surface area contributed by atoms with Crippen LogP contribution < -0.4 is 0 Å². The molecular weight excluding hydrogens is 146 g/mol. The van der Waals surface area contributed by atoms with E-state index in [9.17, 15) is 0 Å². The molecule has 1 radical (unpaired) electrons. The van der Waals surface area contributed by atoms with Gasteiger partial charge in [0, 0.05) is 0 Å². The van der Waals surface area contributed by atoms with Gasteiger partial charge in [-0.1, -0.05) is 18.2 Å². The fraction of sp³-hybridized carbons (Fsp3) is 0.273. The molecule has 1 saturated carbocycles. The van der Waals surface area contributed by atoms with Crippen LogP contribution >= 0.6 is 0 Å². The van der Waals surface area contributed by atoms with Crippen LogP contribution in [0.5, 0.6) is 0 Å². The zero-order valence-electron chi connectivity index (χ0n) is 6.88. The lowest BCUT2D eigenvalue weighted by atomic mass is 10.00. The zero-order valence-corrected chi connectivity index (χ0v) is 6.88. The van der Waals surface area contributed by atoms with Crippen molar-refractivity contribution in [2.45, 2.75) is 18.8 Å². The molecule has 0 heterocycles. The van der Waals surface area contributed by atoms with Gasteiger partial charge >= 0.3 is 0 Å². The fourth-order valence-electron chi connectivity index (χ4n) is 1.49. The maximum atomic E-state index is 8.89. The molecular formula is C11H10N. The summed E-state index contributed by atoms with van der Waals surface area (Å²) in [7, 11) is 0. The Morgan fingerprint density at radius 2 is 2.17 bits per heavy atom. The highest BCUT2D eigenvalue weighted by molar-refractivity contribution is 5.48. The Morgan fingerprint density at radius 1 is 1.42 bits per heavy atom. The molecule has 1 aromatic rings. The number of nitrogens with zero attached hydrogens (tertiary/aromatic N) is 1. The van der Waals surface area contributed by atoms with Gasteiger partial charge in [0.15, 0.2) is 0 Å². The fourth-order valence-corrected chi connectivity index (χ4v) is 1.49. The minimum absolute atomic E-state index is 0.640. The van der Waals surface area contributed by atoms with Crippen LogP contribution in [0.2, 0.25) is 0 Å². The SMILES string of the molecule is [CH2]c1cccc(C2CC2)c1C#N. The van der Waals surface area contributed by atoms with E-state index in [0.717, 1.165) is 11.1 Å². The van der Waals surface area contributed by atoms with Crippen LogP contribution in [0.3, 0.4) is 0 Å². The van der Waals surface area contributed by atoms with E-state index < -0.39 is 0 Å². The van der Waals surface area contributed by atoms with Crippen molar-refractivity contribution >= 4 is 0 Å². The summed E-state index contributed by atoms with van der Waals surface area (Å²) >= 11 is 0. The molecule has 0 spiro atoms. The van der Waals surface area contributed by atoms with E-state index in [4.69, 9.17) is 5.26 Å². The lowest BCUT2D eigenvalue weighted by Gasteiger charge is -2.03. The first-order chi connectivity index (χ1) is 5.83. The largest absolute Gasteiger partial charge is 0.192 e. The van der Waals surface area contributed by atoms with Crippen LogP contribution in [0.25, 0.3) is 0 Å². The van der Waals surface area contributed by atoms with E-state index >= 15 is 0 Å². The van der Waals surface area contributed by atoms with Crippen molar-refractivity contribution in [2.75, 3.05) is 0 Å². The molecule has 0 N–H and O–H groups in total. The Kier molecular flexibility index (Phi) is 1.62. The summed E-state index contributed by atoms with van der Waals surface area (Å²) in [6.45, 7) is 3.84. The molecule has 0 saturated heterocycles. The first-order valence-corrected chi connectivity index (χ1v) is 4.18. The van der Waals surface area contributed by atoms with Crippen molar-refractivity contribution in [1.29, 1.82) is 5.26 Å². The number of rotatable bonds is 1. The molecule has 0 amide bonds. The molecule has 2 rings (SSSR count). The molecule has 0 atom stereocenters. The standard InChI is InChI=1S/C11H10N/c1-8-3-2-4-10(9-5-6-9)11(8)7-12/h2-4,9H,1,5-6H2. The van der Waals surface area contributed by atoms with Crippen molar-refractivity contribution in [3.05, 3.63) is 41.8 Å². The van der Waals surface area contributed by atoms with Gasteiger partial charge in [0.05, 0.1) is 11.6 Å². The van der Waals surface area contributed by atoms with E-state index in [1.54, 1.807) is 0 Å². The van der Waals surface area contributed by atoms with Gasteiger partial charge in [0.1, 0.15) is 0 Å².